The normalized spacial score (nSPS) is 18.0. The zero-order valence-corrected chi connectivity index (χ0v) is 11.2. The maximum absolute atomic E-state index is 11.7. The Bertz CT molecular complexity index is 300. The van der Waals surface area contributed by atoms with Crippen molar-refractivity contribution >= 4 is 23.6 Å². The second-order valence-corrected chi connectivity index (χ2v) is 6.31. The largest absolute Gasteiger partial charge is 0.480 e. The number of nitrogens with zero attached hydrogens (tertiary/aromatic N) is 1. The van der Waals surface area contributed by atoms with E-state index in [4.69, 9.17) is 9.84 Å². The fourth-order valence-electron chi connectivity index (χ4n) is 1.59. The minimum atomic E-state index is -0.980. The lowest BCUT2D eigenvalue weighted by Gasteiger charge is -2.47. The zero-order chi connectivity index (χ0) is 13.1. The average molecular weight is 261 g/mol. The molecule has 1 rings (SSSR count). The lowest BCUT2D eigenvalue weighted by atomic mass is 9.96. The maximum atomic E-state index is 11.7. The molecule has 1 fully saturated rings. The summed E-state index contributed by atoms with van der Waals surface area (Å²) < 4.78 is 5.23. The molecule has 5 nitrogen and oxygen atoms in total. The summed E-state index contributed by atoms with van der Waals surface area (Å²) in [6, 6.07) is 0. The average Bonchev–Trinajstić information content (AvgIpc) is 2.19. The number of carbonyl (C=O) groups excluding carboxylic acids is 1. The number of likely N-dealkylation sites (tertiary alicyclic amines) is 1. The number of carbonyl (C=O) groups is 2. The number of aliphatic carboxylic acids is 1. The molecule has 1 saturated heterocycles. The molecule has 98 valence electrons. The molecule has 0 spiro atoms. The quantitative estimate of drug-likeness (QED) is 0.767. The van der Waals surface area contributed by atoms with Gasteiger partial charge >= 0.3 is 5.97 Å². The lowest BCUT2D eigenvalue weighted by Crippen LogP contribution is -2.63. The highest BCUT2D eigenvalue weighted by molar-refractivity contribution is 8.00. The van der Waals surface area contributed by atoms with Crippen LogP contribution in [0.4, 0.5) is 0 Å². The number of rotatable bonds is 6. The fraction of sp³-hybridized carbons (Fsp3) is 0.818. The minimum absolute atomic E-state index is 0.0973. The summed E-state index contributed by atoms with van der Waals surface area (Å²) in [6.07, 6.45) is 0. The van der Waals surface area contributed by atoms with Crippen LogP contribution in [-0.4, -0.2) is 58.2 Å². The van der Waals surface area contributed by atoms with Gasteiger partial charge in [0.25, 0.3) is 0 Å². The van der Waals surface area contributed by atoms with Crippen LogP contribution in [0.25, 0.3) is 0 Å². The maximum Gasteiger partial charge on any atom is 0.329 e. The standard InChI is InChI=1S/C11H19NO4S/c1-8(2)17-5-9(13)12-6-11(3,7-12)16-4-10(14)15/h8H,4-7H2,1-3H3,(H,14,15). The van der Waals surface area contributed by atoms with Crippen molar-refractivity contribution in [3.63, 3.8) is 0 Å². The van der Waals surface area contributed by atoms with Crippen molar-refractivity contribution < 1.29 is 19.4 Å². The van der Waals surface area contributed by atoms with Gasteiger partial charge < -0.3 is 14.7 Å². The van der Waals surface area contributed by atoms with Gasteiger partial charge in [-0.3, -0.25) is 4.79 Å². The molecule has 0 aromatic heterocycles. The monoisotopic (exact) mass is 261 g/mol. The molecule has 0 aliphatic carbocycles. The van der Waals surface area contributed by atoms with Crippen LogP contribution >= 0.6 is 11.8 Å². The van der Waals surface area contributed by atoms with Crippen LogP contribution in [0.1, 0.15) is 20.8 Å². The number of amides is 1. The van der Waals surface area contributed by atoms with Crippen molar-refractivity contribution in [3.05, 3.63) is 0 Å². The Morgan fingerprint density at radius 2 is 2.06 bits per heavy atom. The highest BCUT2D eigenvalue weighted by Gasteiger charge is 2.42. The third kappa shape index (κ3) is 4.55. The van der Waals surface area contributed by atoms with Gasteiger partial charge in [0.05, 0.1) is 18.8 Å². The van der Waals surface area contributed by atoms with Gasteiger partial charge in [-0.1, -0.05) is 13.8 Å². The molecule has 1 amide bonds. The van der Waals surface area contributed by atoms with Crippen LogP contribution in [0.15, 0.2) is 0 Å². The fourth-order valence-corrected chi connectivity index (χ4v) is 2.25. The van der Waals surface area contributed by atoms with Crippen molar-refractivity contribution in [1.29, 1.82) is 0 Å². The predicted octanol–water partition coefficient (Wildman–Crippen LogP) is 0.830. The lowest BCUT2D eigenvalue weighted by molar-refractivity contribution is -0.171. The Labute approximate surface area is 105 Å². The van der Waals surface area contributed by atoms with Crippen molar-refractivity contribution in [2.45, 2.75) is 31.6 Å². The van der Waals surface area contributed by atoms with Crippen LogP contribution in [0.2, 0.25) is 0 Å². The number of carboxylic acids is 1. The summed E-state index contributed by atoms with van der Waals surface area (Å²) in [5, 5.41) is 8.95. The smallest absolute Gasteiger partial charge is 0.329 e. The molecule has 0 bridgehead atoms. The highest BCUT2D eigenvalue weighted by atomic mass is 32.2. The van der Waals surface area contributed by atoms with Crippen LogP contribution in [0.3, 0.4) is 0 Å². The molecule has 1 heterocycles. The van der Waals surface area contributed by atoms with E-state index in [-0.39, 0.29) is 12.5 Å². The van der Waals surface area contributed by atoms with Gasteiger partial charge in [0.1, 0.15) is 12.2 Å². The van der Waals surface area contributed by atoms with Crippen LogP contribution in [0.5, 0.6) is 0 Å². The number of hydrogen-bond donors (Lipinski definition) is 1. The first-order chi connectivity index (χ1) is 7.82. The summed E-state index contributed by atoms with van der Waals surface area (Å²) in [4.78, 5) is 23.8. The number of carboxylic acid groups (broad SMARTS) is 1. The number of hydrogen-bond acceptors (Lipinski definition) is 4. The van der Waals surface area contributed by atoms with Gasteiger partial charge in [-0.2, -0.15) is 0 Å². The van der Waals surface area contributed by atoms with E-state index in [0.29, 0.717) is 24.1 Å². The molecule has 0 saturated carbocycles. The molecule has 0 aromatic carbocycles. The molecule has 0 atom stereocenters. The van der Waals surface area contributed by atoms with Gasteiger partial charge in [-0.15, -0.1) is 11.8 Å². The Morgan fingerprint density at radius 1 is 1.47 bits per heavy atom. The molecule has 0 radical (unpaired) electrons. The third-order valence-corrected chi connectivity index (χ3v) is 3.57. The van der Waals surface area contributed by atoms with Crippen molar-refractivity contribution in [2.24, 2.45) is 0 Å². The second-order valence-electron chi connectivity index (χ2n) is 4.74. The molecular formula is C11H19NO4S. The van der Waals surface area contributed by atoms with E-state index in [2.05, 4.69) is 0 Å². The first-order valence-corrected chi connectivity index (χ1v) is 6.62. The third-order valence-electron chi connectivity index (χ3n) is 2.49. The van der Waals surface area contributed by atoms with Crippen molar-refractivity contribution in [3.8, 4) is 0 Å². The van der Waals surface area contributed by atoms with Crippen LogP contribution in [-0.2, 0) is 14.3 Å². The molecule has 0 aromatic rings. The summed E-state index contributed by atoms with van der Waals surface area (Å²) in [7, 11) is 0. The molecule has 17 heavy (non-hydrogen) atoms. The van der Waals surface area contributed by atoms with E-state index in [1.54, 1.807) is 16.7 Å². The molecule has 6 heteroatoms. The van der Waals surface area contributed by atoms with Crippen molar-refractivity contribution in [1.82, 2.24) is 4.90 Å². The Balaban J connectivity index is 2.25. The summed E-state index contributed by atoms with van der Waals surface area (Å²) >= 11 is 1.61. The van der Waals surface area contributed by atoms with Crippen molar-refractivity contribution in [2.75, 3.05) is 25.4 Å². The van der Waals surface area contributed by atoms with E-state index in [1.165, 1.54) is 0 Å². The first-order valence-electron chi connectivity index (χ1n) is 5.57. The van der Waals surface area contributed by atoms with Gasteiger partial charge in [-0.05, 0) is 12.2 Å². The number of thioether (sulfide) groups is 1. The highest BCUT2D eigenvalue weighted by Crippen LogP contribution is 2.25. The molecule has 1 aliphatic rings. The molecule has 1 aliphatic heterocycles. The minimum Gasteiger partial charge on any atom is -0.480 e. The van der Waals surface area contributed by atoms with Gasteiger partial charge in [-0.25, -0.2) is 4.79 Å². The summed E-state index contributed by atoms with van der Waals surface area (Å²) in [5.41, 5.74) is -0.490. The first kappa shape index (κ1) is 14.3. The van der Waals surface area contributed by atoms with Gasteiger partial charge in [0, 0.05) is 0 Å². The Kier molecular flexibility index (Phi) is 4.82. The topological polar surface area (TPSA) is 66.8 Å². The Morgan fingerprint density at radius 3 is 2.53 bits per heavy atom. The van der Waals surface area contributed by atoms with E-state index >= 15 is 0 Å². The van der Waals surface area contributed by atoms with Crippen LogP contribution < -0.4 is 0 Å². The van der Waals surface area contributed by atoms with E-state index in [0.717, 1.165) is 0 Å². The van der Waals surface area contributed by atoms with E-state index in [1.807, 2.05) is 20.8 Å². The van der Waals surface area contributed by atoms with E-state index in [9.17, 15) is 9.59 Å². The molecular weight excluding hydrogens is 242 g/mol. The van der Waals surface area contributed by atoms with Gasteiger partial charge in [0.2, 0.25) is 5.91 Å². The summed E-state index contributed by atoms with van der Waals surface area (Å²) in [5.74, 6) is -0.404. The summed E-state index contributed by atoms with van der Waals surface area (Å²) in [6.45, 7) is 6.59. The van der Waals surface area contributed by atoms with Crippen LogP contribution in [0, 0.1) is 0 Å². The zero-order valence-electron chi connectivity index (χ0n) is 10.4. The van der Waals surface area contributed by atoms with Gasteiger partial charge in [0.15, 0.2) is 0 Å². The predicted molar refractivity (Wildman–Crippen MR) is 66.2 cm³/mol. The SMILES string of the molecule is CC(C)SCC(=O)N1CC(C)(OCC(=O)O)C1. The Hall–Kier alpha value is -0.750. The molecule has 0 unspecified atom stereocenters. The van der Waals surface area contributed by atoms with E-state index < -0.39 is 11.6 Å². The second kappa shape index (κ2) is 5.73. The number of ether oxygens (including phenoxy) is 1. The molecule has 1 N–H and O–H groups in total.